The molecule has 0 heterocycles. The standard InChI is InChI=1S/C12H17NO2/c1-4-13-9(2)12(14)10-6-5-7-11(8-10)15-3/h5-9,13H,4H2,1-3H3. The number of ether oxygens (including phenoxy) is 1. The molecule has 0 radical (unpaired) electrons. The maximum atomic E-state index is 11.9. The average Bonchev–Trinajstić information content (AvgIpc) is 2.28. The van der Waals surface area contributed by atoms with Crippen molar-refractivity contribution >= 4 is 5.78 Å². The molecular formula is C12H17NO2. The first-order valence-electron chi connectivity index (χ1n) is 5.10. The van der Waals surface area contributed by atoms with E-state index in [2.05, 4.69) is 5.32 Å². The second-order valence-corrected chi connectivity index (χ2v) is 3.38. The van der Waals surface area contributed by atoms with Gasteiger partial charge < -0.3 is 10.1 Å². The highest BCUT2D eigenvalue weighted by Crippen LogP contribution is 2.13. The molecule has 0 aromatic heterocycles. The summed E-state index contributed by atoms with van der Waals surface area (Å²) in [6, 6.07) is 7.07. The maximum absolute atomic E-state index is 11.9. The van der Waals surface area contributed by atoms with Crippen molar-refractivity contribution in [2.45, 2.75) is 19.9 Å². The summed E-state index contributed by atoms with van der Waals surface area (Å²) in [6.07, 6.45) is 0. The Morgan fingerprint density at radius 1 is 1.53 bits per heavy atom. The molecule has 0 saturated carbocycles. The van der Waals surface area contributed by atoms with E-state index in [1.807, 2.05) is 26.0 Å². The van der Waals surface area contributed by atoms with Gasteiger partial charge in [0.15, 0.2) is 5.78 Å². The molecule has 1 rings (SSSR count). The third-order valence-electron chi connectivity index (χ3n) is 2.26. The van der Waals surface area contributed by atoms with E-state index in [0.717, 1.165) is 6.54 Å². The van der Waals surface area contributed by atoms with Crippen molar-refractivity contribution in [1.82, 2.24) is 5.32 Å². The van der Waals surface area contributed by atoms with Crippen LogP contribution in [0, 0.1) is 0 Å². The summed E-state index contributed by atoms with van der Waals surface area (Å²) in [5.41, 5.74) is 0.683. The number of ketones is 1. The minimum absolute atomic E-state index is 0.0933. The summed E-state index contributed by atoms with van der Waals surface area (Å²) in [6.45, 7) is 4.64. The molecule has 1 unspecified atom stereocenters. The van der Waals surface area contributed by atoms with Gasteiger partial charge in [-0.25, -0.2) is 0 Å². The molecule has 82 valence electrons. The zero-order valence-electron chi connectivity index (χ0n) is 9.41. The topological polar surface area (TPSA) is 38.3 Å². The SMILES string of the molecule is CCNC(C)C(=O)c1cccc(OC)c1. The second kappa shape index (κ2) is 5.51. The Labute approximate surface area is 90.4 Å². The minimum atomic E-state index is -0.151. The predicted octanol–water partition coefficient (Wildman–Crippen LogP) is 1.88. The van der Waals surface area contributed by atoms with Crippen LogP contribution >= 0.6 is 0 Å². The van der Waals surface area contributed by atoms with Crippen LogP contribution in [-0.4, -0.2) is 25.5 Å². The number of benzene rings is 1. The smallest absolute Gasteiger partial charge is 0.179 e. The first kappa shape index (κ1) is 11.7. The van der Waals surface area contributed by atoms with Crippen molar-refractivity contribution in [2.75, 3.05) is 13.7 Å². The van der Waals surface area contributed by atoms with Gasteiger partial charge in [-0.1, -0.05) is 19.1 Å². The lowest BCUT2D eigenvalue weighted by Crippen LogP contribution is -2.33. The fraction of sp³-hybridized carbons (Fsp3) is 0.417. The Morgan fingerprint density at radius 3 is 2.87 bits per heavy atom. The van der Waals surface area contributed by atoms with E-state index in [1.165, 1.54) is 0 Å². The second-order valence-electron chi connectivity index (χ2n) is 3.38. The zero-order valence-corrected chi connectivity index (χ0v) is 9.41. The average molecular weight is 207 g/mol. The van der Waals surface area contributed by atoms with Crippen molar-refractivity contribution in [3.63, 3.8) is 0 Å². The van der Waals surface area contributed by atoms with Gasteiger partial charge >= 0.3 is 0 Å². The Hall–Kier alpha value is -1.35. The highest BCUT2D eigenvalue weighted by molar-refractivity contribution is 6.00. The molecule has 0 saturated heterocycles. The Balaban J connectivity index is 2.81. The monoisotopic (exact) mass is 207 g/mol. The summed E-state index contributed by atoms with van der Waals surface area (Å²) in [5.74, 6) is 0.806. The largest absolute Gasteiger partial charge is 0.497 e. The van der Waals surface area contributed by atoms with Gasteiger partial charge in [0.2, 0.25) is 0 Å². The quantitative estimate of drug-likeness (QED) is 0.749. The summed E-state index contributed by atoms with van der Waals surface area (Å²) in [7, 11) is 1.59. The lowest BCUT2D eigenvalue weighted by molar-refractivity contribution is 0.0951. The first-order chi connectivity index (χ1) is 7.19. The molecule has 0 spiro atoms. The first-order valence-corrected chi connectivity index (χ1v) is 5.10. The molecule has 0 aliphatic rings. The number of likely N-dealkylation sites (N-methyl/N-ethyl adjacent to an activating group) is 1. The molecule has 1 N–H and O–H groups in total. The molecule has 1 aromatic carbocycles. The third-order valence-corrected chi connectivity index (χ3v) is 2.26. The van der Waals surface area contributed by atoms with Crippen LogP contribution in [0.3, 0.4) is 0 Å². The van der Waals surface area contributed by atoms with Crippen LogP contribution < -0.4 is 10.1 Å². The van der Waals surface area contributed by atoms with Gasteiger partial charge in [-0.2, -0.15) is 0 Å². The Bertz CT molecular complexity index is 336. The van der Waals surface area contributed by atoms with E-state index in [-0.39, 0.29) is 11.8 Å². The van der Waals surface area contributed by atoms with Crippen LogP contribution in [0.1, 0.15) is 24.2 Å². The molecule has 0 amide bonds. The molecule has 1 aromatic rings. The van der Waals surface area contributed by atoms with Gasteiger partial charge in [-0.3, -0.25) is 4.79 Å². The number of Topliss-reactive ketones (excluding diaryl/α,β-unsaturated/α-hetero) is 1. The molecule has 1 atom stereocenters. The summed E-state index contributed by atoms with van der Waals surface area (Å²) < 4.78 is 5.07. The minimum Gasteiger partial charge on any atom is -0.497 e. The van der Waals surface area contributed by atoms with E-state index in [1.54, 1.807) is 19.2 Å². The van der Waals surface area contributed by atoms with Gasteiger partial charge in [-0.15, -0.1) is 0 Å². The molecule has 3 nitrogen and oxygen atoms in total. The molecular weight excluding hydrogens is 190 g/mol. The van der Waals surface area contributed by atoms with Gasteiger partial charge in [0.25, 0.3) is 0 Å². The molecule has 0 fully saturated rings. The Kier molecular flexibility index (Phi) is 4.31. The number of nitrogens with one attached hydrogen (secondary N) is 1. The van der Waals surface area contributed by atoms with Crippen LogP contribution in [-0.2, 0) is 0 Å². The van der Waals surface area contributed by atoms with Crippen molar-refractivity contribution in [3.05, 3.63) is 29.8 Å². The van der Waals surface area contributed by atoms with E-state index >= 15 is 0 Å². The lowest BCUT2D eigenvalue weighted by atomic mass is 10.1. The zero-order chi connectivity index (χ0) is 11.3. The highest BCUT2D eigenvalue weighted by Gasteiger charge is 2.13. The van der Waals surface area contributed by atoms with Gasteiger partial charge in [0, 0.05) is 5.56 Å². The molecule has 15 heavy (non-hydrogen) atoms. The van der Waals surface area contributed by atoms with Crippen LogP contribution in [0.15, 0.2) is 24.3 Å². The van der Waals surface area contributed by atoms with Gasteiger partial charge in [-0.05, 0) is 25.6 Å². The van der Waals surface area contributed by atoms with Crippen molar-refractivity contribution in [2.24, 2.45) is 0 Å². The maximum Gasteiger partial charge on any atom is 0.179 e. The van der Waals surface area contributed by atoms with Crippen LogP contribution in [0.25, 0.3) is 0 Å². The number of carbonyl (C=O) groups excluding carboxylic acids is 1. The van der Waals surface area contributed by atoms with E-state index in [9.17, 15) is 4.79 Å². The van der Waals surface area contributed by atoms with Crippen molar-refractivity contribution < 1.29 is 9.53 Å². The van der Waals surface area contributed by atoms with Gasteiger partial charge in [0.1, 0.15) is 5.75 Å². The lowest BCUT2D eigenvalue weighted by Gasteiger charge is -2.11. The molecule has 3 heteroatoms. The normalized spacial score (nSPS) is 12.2. The number of carbonyl (C=O) groups is 1. The van der Waals surface area contributed by atoms with E-state index < -0.39 is 0 Å². The van der Waals surface area contributed by atoms with Crippen molar-refractivity contribution in [3.8, 4) is 5.75 Å². The summed E-state index contributed by atoms with van der Waals surface area (Å²) >= 11 is 0. The fourth-order valence-corrected chi connectivity index (χ4v) is 1.43. The molecule has 0 aliphatic carbocycles. The molecule has 0 aliphatic heterocycles. The van der Waals surface area contributed by atoms with Crippen LogP contribution in [0.2, 0.25) is 0 Å². The van der Waals surface area contributed by atoms with Crippen molar-refractivity contribution in [1.29, 1.82) is 0 Å². The van der Waals surface area contributed by atoms with Gasteiger partial charge in [0.05, 0.1) is 13.2 Å². The summed E-state index contributed by atoms with van der Waals surface area (Å²) in [5, 5.41) is 3.09. The number of hydrogen-bond acceptors (Lipinski definition) is 3. The number of hydrogen-bond donors (Lipinski definition) is 1. The van der Waals surface area contributed by atoms with E-state index in [4.69, 9.17) is 4.74 Å². The van der Waals surface area contributed by atoms with E-state index in [0.29, 0.717) is 11.3 Å². The number of methoxy groups -OCH3 is 1. The number of rotatable bonds is 5. The summed E-state index contributed by atoms with van der Waals surface area (Å²) in [4.78, 5) is 11.9. The highest BCUT2D eigenvalue weighted by atomic mass is 16.5. The fourth-order valence-electron chi connectivity index (χ4n) is 1.43. The third kappa shape index (κ3) is 3.06. The Morgan fingerprint density at radius 2 is 2.27 bits per heavy atom. The van der Waals surface area contributed by atoms with Crippen LogP contribution in [0.4, 0.5) is 0 Å². The predicted molar refractivity (Wildman–Crippen MR) is 60.5 cm³/mol. The molecule has 0 bridgehead atoms. The van der Waals surface area contributed by atoms with Crippen LogP contribution in [0.5, 0.6) is 5.75 Å².